The molecule has 1 N–H and O–H groups in total. The van der Waals surface area contributed by atoms with Crippen LogP contribution in [0.15, 0.2) is 24.3 Å². The lowest BCUT2D eigenvalue weighted by atomic mass is 10.0. The molecule has 0 spiro atoms. The molecule has 0 saturated carbocycles. The number of methoxy groups -OCH3 is 1. The number of hydrogen-bond acceptors (Lipinski definition) is 7. The molecular weight excluding hydrogens is 370 g/mol. The number of carbonyl (C=O) groups excluding carboxylic acids is 1. The molecule has 0 aliphatic carbocycles. The van der Waals surface area contributed by atoms with Crippen molar-refractivity contribution in [3.63, 3.8) is 0 Å². The van der Waals surface area contributed by atoms with Gasteiger partial charge >= 0.3 is 5.97 Å². The average Bonchev–Trinajstić information content (AvgIpc) is 2.65. The summed E-state index contributed by atoms with van der Waals surface area (Å²) in [5, 5.41) is 14.6. The summed E-state index contributed by atoms with van der Waals surface area (Å²) >= 11 is 0. The van der Waals surface area contributed by atoms with E-state index in [1.807, 2.05) is 0 Å². The monoisotopic (exact) mass is 395 g/mol. The molecule has 8 nitrogen and oxygen atoms in total. The topological polar surface area (TPSA) is 102 Å². The van der Waals surface area contributed by atoms with E-state index in [1.54, 1.807) is 12.1 Å². The van der Waals surface area contributed by atoms with Crippen molar-refractivity contribution in [3.8, 4) is 0 Å². The molecule has 0 radical (unpaired) electrons. The molecule has 1 saturated heterocycles. The number of nitro groups is 1. The van der Waals surface area contributed by atoms with E-state index in [-0.39, 0.29) is 11.2 Å². The fourth-order valence-electron chi connectivity index (χ4n) is 2.85. The lowest BCUT2D eigenvalue weighted by Crippen LogP contribution is -2.53. The number of nitro benzene ring substituents is 1. The van der Waals surface area contributed by atoms with Gasteiger partial charge in [-0.3, -0.25) is 19.2 Å². The largest absolute Gasteiger partial charge is 0.466 e. The van der Waals surface area contributed by atoms with E-state index in [4.69, 9.17) is 0 Å². The van der Waals surface area contributed by atoms with E-state index >= 15 is 0 Å². The first-order valence-electron chi connectivity index (χ1n) is 8.61. The minimum Gasteiger partial charge on any atom is -0.466 e. The van der Waals surface area contributed by atoms with Crippen LogP contribution in [0.4, 0.5) is 11.4 Å². The number of esters is 1. The summed E-state index contributed by atoms with van der Waals surface area (Å²) in [6, 6.07) is 4.75. The number of nitrogens with zero attached hydrogens (tertiary/aromatic N) is 2. The highest BCUT2D eigenvalue weighted by Gasteiger charge is 2.30. The molecule has 2 rings (SSSR count). The molecule has 1 aliphatic rings. The van der Waals surface area contributed by atoms with Crippen LogP contribution in [0.1, 0.15) is 19.4 Å². The minimum atomic E-state index is -0.745. The molecule has 1 aliphatic heterocycles. The van der Waals surface area contributed by atoms with Crippen LogP contribution in [0.3, 0.4) is 0 Å². The maximum Gasteiger partial charge on any atom is 0.330 e. The molecule has 0 aromatic heterocycles. The molecule has 9 heteroatoms. The van der Waals surface area contributed by atoms with Gasteiger partial charge in [0, 0.05) is 59.6 Å². The highest BCUT2D eigenvalue weighted by Crippen LogP contribution is 2.27. The summed E-state index contributed by atoms with van der Waals surface area (Å²) in [5.74, 6) is 0.791. The van der Waals surface area contributed by atoms with Crippen molar-refractivity contribution in [1.82, 2.24) is 4.90 Å². The normalized spacial score (nSPS) is 16.4. The van der Waals surface area contributed by atoms with Gasteiger partial charge in [-0.25, -0.2) is 4.79 Å². The summed E-state index contributed by atoms with van der Waals surface area (Å²) in [4.78, 5) is 24.4. The zero-order valence-corrected chi connectivity index (χ0v) is 16.6. The number of hydrogen-bond donors (Lipinski definition) is 1. The van der Waals surface area contributed by atoms with Crippen LogP contribution in [0.25, 0.3) is 6.08 Å². The SMILES string of the molecule is COC(=O)/C=C/c1ccc(NCC(C)(C)N2CCS(=O)CC2)c([N+](=O)[O-])c1. The summed E-state index contributed by atoms with van der Waals surface area (Å²) in [6.07, 6.45) is 2.69. The highest BCUT2D eigenvalue weighted by atomic mass is 32.2. The Labute approximate surface area is 161 Å². The minimum absolute atomic E-state index is 0.0578. The Bertz CT molecular complexity index is 753. The van der Waals surface area contributed by atoms with Crippen molar-refractivity contribution in [1.29, 1.82) is 0 Å². The van der Waals surface area contributed by atoms with Gasteiger partial charge in [-0.15, -0.1) is 0 Å². The second-order valence-electron chi connectivity index (χ2n) is 6.89. The number of nitrogens with one attached hydrogen (secondary N) is 1. The Morgan fingerprint density at radius 3 is 2.67 bits per heavy atom. The Kier molecular flexibility index (Phi) is 7.09. The van der Waals surface area contributed by atoms with Crippen molar-refractivity contribution in [2.75, 3.05) is 43.6 Å². The van der Waals surface area contributed by atoms with Crippen molar-refractivity contribution >= 4 is 34.2 Å². The van der Waals surface area contributed by atoms with Gasteiger partial charge in [0.25, 0.3) is 5.69 Å². The van der Waals surface area contributed by atoms with Crippen LogP contribution >= 0.6 is 0 Å². The predicted molar refractivity (Wildman–Crippen MR) is 106 cm³/mol. The smallest absolute Gasteiger partial charge is 0.330 e. The van der Waals surface area contributed by atoms with E-state index in [1.165, 1.54) is 25.3 Å². The molecule has 1 aromatic rings. The Hall–Kier alpha value is -2.26. The summed E-state index contributed by atoms with van der Waals surface area (Å²) in [7, 11) is 0.523. The van der Waals surface area contributed by atoms with E-state index in [0.717, 1.165) is 13.1 Å². The summed E-state index contributed by atoms with van der Waals surface area (Å²) in [6.45, 7) is 6.14. The quantitative estimate of drug-likeness (QED) is 0.326. The molecule has 1 aromatic carbocycles. The maximum absolute atomic E-state index is 11.5. The molecule has 1 heterocycles. The predicted octanol–water partition coefficient (Wildman–Crippen LogP) is 2.04. The highest BCUT2D eigenvalue weighted by molar-refractivity contribution is 7.85. The molecule has 1 fully saturated rings. The summed E-state index contributed by atoms with van der Waals surface area (Å²) < 4.78 is 16.1. The third-order valence-corrected chi connectivity index (χ3v) is 5.85. The number of ether oxygens (including phenoxy) is 1. The van der Waals surface area contributed by atoms with Crippen LogP contribution in [-0.4, -0.2) is 63.8 Å². The van der Waals surface area contributed by atoms with Gasteiger partial charge in [0.15, 0.2) is 0 Å². The van der Waals surface area contributed by atoms with Crippen molar-refractivity contribution in [3.05, 3.63) is 40.0 Å². The van der Waals surface area contributed by atoms with Crippen molar-refractivity contribution in [2.24, 2.45) is 0 Å². The van der Waals surface area contributed by atoms with Gasteiger partial charge in [0.1, 0.15) is 5.69 Å². The van der Waals surface area contributed by atoms with E-state index < -0.39 is 21.7 Å². The van der Waals surface area contributed by atoms with E-state index in [0.29, 0.717) is 29.3 Å². The summed E-state index contributed by atoms with van der Waals surface area (Å²) in [5.41, 5.74) is 0.666. The van der Waals surface area contributed by atoms with Crippen LogP contribution in [-0.2, 0) is 20.3 Å². The van der Waals surface area contributed by atoms with Gasteiger partial charge in [-0.2, -0.15) is 0 Å². The van der Waals surface area contributed by atoms with Crippen LogP contribution in [0, 0.1) is 10.1 Å². The Morgan fingerprint density at radius 2 is 2.07 bits per heavy atom. The van der Waals surface area contributed by atoms with Gasteiger partial charge in [0.2, 0.25) is 0 Å². The van der Waals surface area contributed by atoms with Crippen LogP contribution in [0.2, 0.25) is 0 Å². The number of rotatable bonds is 7. The number of benzene rings is 1. The van der Waals surface area contributed by atoms with Gasteiger partial charge in [-0.1, -0.05) is 6.07 Å². The van der Waals surface area contributed by atoms with Gasteiger partial charge < -0.3 is 10.1 Å². The average molecular weight is 395 g/mol. The van der Waals surface area contributed by atoms with Crippen molar-refractivity contribution < 1.29 is 18.7 Å². The molecule has 148 valence electrons. The van der Waals surface area contributed by atoms with Gasteiger partial charge in [-0.05, 0) is 31.6 Å². The lowest BCUT2D eigenvalue weighted by molar-refractivity contribution is -0.384. The Morgan fingerprint density at radius 1 is 1.41 bits per heavy atom. The third-order valence-electron chi connectivity index (χ3n) is 4.58. The first-order valence-corrected chi connectivity index (χ1v) is 10.1. The fraction of sp³-hybridized carbons (Fsp3) is 0.500. The van der Waals surface area contributed by atoms with E-state index in [2.05, 4.69) is 28.8 Å². The third kappa shape index (κ3) is 5.86. The first-order chi connectivity index (χ1) is 12.7. The maximum atomic E-state index is 11.5. The van der Waals surface area contributed by atoms with Crippen molar-refractivity contribution in [2.45, 2.75) is 19.4 Å². The zero-order chi connectivity index (χ0) is 20.0. The number of carbonyl (C=O) groups is 1. The lowest BCUT2D eigenvalue weighted by Gasteiger charge is -2.40. The first kappa shape index (κ1) is 21.0. The molecule has 0 bridgehead atoms. The van der Waals surface area contributed by atoms with E-state index in [9.17, 15) is 19.1 Å². The van der Waals surface area contributed by atoms with Gasteiger partial charge in [0.05, 0.1) is 12.0 Å². The Balaban J connectivity index is 2.11. The molecule has 0 amide bonds. The fourth-order valence-corrected chi connectivity index (χ4v) is 3.90. The zero-order valence-electron chi connectivity index (χ0n) is 15.8. The van der Waals surface area contributed by atoms with Crippen LogP contribution < -0.4 is 5.32 Å². The molecular formula is C18H25N3O5S. The standard InChI is InChI=1S/C18H25N3O5S/c1-18(2,20-8-10-27(25)11-9-20)13-19-15-6-4-14(5-7-17(22)26-3)12-16(15)21(23)24/h4-7,12,19H,8-11,13H2,1-3H3/b7-5+. The molecule has 0 atom stereocenters. The second kappa shape index (κ2) is 9.09. The number of anilines is 1. The molecule has 0 unspecified atom stereocenters. The second-order valence-corrected chi connectivity index (χ2v) is 8.59. The molecule has 27 heavy (non-hydrogen) atoms. The van der Waals surface area contributed by atoms with Crippen LogP contribution in [0.5, 0.6) is 0 Å².